The second-order valence-corrected chi connectivity index (χ2v) is 7.76. The average molecular weight is 339 g/mol. The van der Waals surface area contributed by atoms with E-state index < -0.39 is 0 Å². The molecule has 0 amide bonds. The molecule has 2 aliphatic rings. The highest BCUT2D eigenvalue weighted by Gasteiger charge is 2.32. The standard InChI is InChI=1S/C18H21N5S/c1-11-9-24-18-15(11)17(19-10-20-18)23-8-4-7-14(23)16-21-12-5-2-3-6-13(12)22-16/h9-10,14H,2-8H2,1H3,(H,21,22). The molecular weight excluding hydrogens is 318 g/mol. The smallest absolute Gasteiger partial charge is 0.141 e. The van der Waals surface area contributed by atoms with Gasteiger partial charge in [0.15, 0.2) is 0 Å². The molecule has 0 saturated carbocycles. The molecule has 1 fully saturated rings. The molecule has 0 aromatic carbocycles. The molecule has 1 N–H and O–H groups in total. The molecule has 24 heavy (non-hydrogen) atoms. The Morgan fingerprint density at radius 1 is 1.21 bits per heavy atom. The lowest BCUT2D eigenvalue weighted by molar-refractivity contribution is 0.667. The van der Waals surface area contributed by atoms with Crippen LogP contribution in [0.1, 0.15) is 54.5 Å². The van der Waals surface area contributed by atoms with Crippen LogP contribution in [0.2, 0.25) is 0 Å². The maximum atomic E-state index is 4.96. The van der Waals surface area contributed by atoms with E-state index in [1.165, 1.54) is 41.6 Å². The van der Waals surface area contributed by atoms with Crippen LogP contribution in [0.4, 0.5) is 5.82 Å². The maximum absolute atomic E-state index is 4.96. The number of aromatic nitrogens is 4. The third kappa shape index (κ3) is 2.16. The van der Waals surface area contributed by atoms with Crippen molar-refractivity contribution in [3.63, 3.8) is 0 Å². The van der Waals surface area contributed by atoms with Gasteiger partial charge >= 0.3 is 0 Å². The third-order valence-corrected chi connectivity index (χ3v) is 6.35. The fraction of sp³-hybridized carbons (Fsp3) is 0.500. The van der Waals surface area contributed by atoms with Gasteiger partial charge in [0.2, 0.25) is 0 Å². The van der Waals surface area contributed by atoms with Crippen LogP contribution in [0.25, 0.3) is 10.2 Å². The Kier molecular flexibility index (Phi) is 3.33. The van der Waals surface area contributed by atoms with Crippen molar-refractivity contribution in [3.05, 3.63) is 34.5 Å². The van der Waals surface area contributed by atoms with Crippen molar-refractivity contribution in [1.29, 1.82) is 0 Å². The lowest BCUT2D eigenvalue weighted by Gasteiger charge is -2.25. The number of anilines is 1. The summed E-state index contributed by atoms with van der Waals surface area (Å²) in [6.45, 7) is 3.19. The van der Waals surface area contributed by atoms with Crippen molar-refractivity contribution in [2.45, 2.75) is 51.5 Å². The van der Waals surface area contributed by atoms with E-state index in [1.807, 2.05) is 0 Å². The van der Waals surface area contributed by atoms with E-state index in [1.54, 1.807) is 17.7 Å². The van der Waals surface area contributed by atoms with Crippen LogP contribution in [0.15, 0.2) is 11.7 Å². The van der Waals surface area contributed by atoms with Crippen LogP contribution < -0.4 is 4.90 Å². The Morgan fingerprint density at radius 2 is 2.12 bits per heavy atom. The maximum Gasteiger partial charge on any atom is 0.141 e. The lowest BCUT2D eigenvalue weighted by Crippen LogP contribution is -2.24. The third-order valence-electron chi connectivity index (χ3n) is 5.35. The van der Waals surface area contributed by atoms with Gasteiger partial charge in [-0.25, -0.2) is 15.0 Å². The Bertz CT molecular complexity index is 873. The zero-order chi connectivity index (χ0) is 16.1. The van der Waals surface area contributed by atoms with Gasteiger partial charge in [-0.05, 0) is 56.4 Å². The first kappa shape index (κ1) is 14.4. The van der Waals surface area contributed by atoms with Gasteiger partial charge in [0.25, 0.3) is 0 Å². The highest BCUT2D eigenvalue weighted by atomic mass is 32.1. The molecule has 0 bridgehead atoms. The molecule has 124 valence electrons. The van der Waals surface area contributed by atoms with Crippen molar-refractivity contribution in [3.8, 4) is 0 Å². The highest BCUT2D eigenvalue weighted by Crippen LogP contribution is 2.39. The van der Waals surface area contributed by atoms with Crippen molar-refractivity contribution in [2.24, 2.45) is 0 Å². The number of aromatic amines is 1. The summed E-state index contributed by atoms with van der Waals surface area (Å²) in [5.74, 6) is 2.22. The first-order chi connectivity index (χ1) is 11.8. The summed E-state index contributed by atoms with van der Waals surface area (Å²) in [5.41, 5.74) is 3.93. The molecule has 1 aliphatic carbocycles. The summed E-state index contributed by atoms with van der Waals surface area (Å²) < 4.78 is 0. The monoisotopic (exact) mass is 339 g/mol. The lowest BCUT2D eigenvalue weighted by atomic mass is 10.0. The zero-order valence-electron chi connectivity index (χ0n) is 13.9. The number of hydrogen-bond donors (Lipinski definition) is 1. The zero-order valence-corrected chi connectivity index (χ0v) is 14.7. The van der Waals surface area contributed by atoms with Crippen LogP contribution >= 0.6 is 11.3 Å². The molecule has 4 heterocycles. The number of hydrogen-bond acceptors (Lipinski definition) is 5. The highest BCUT2D eigenvalue weighted by molar-refractivity contribution is 7.17. The van der Waals surface area contributed by atoms with Gasteiger partial charge in [-0.3, -0.25) is 0 Å². The fourth-order valence-electron chi connectivity index (χ4n) is 4.15. The molecule has 1 atom stereocenters. The van der Waals surface area contributed by atoms with Crippen molar-refractivity contribution >= 4 is 27.4 Å². The van der Waals surface area contributed by atoms with Gasteiger partial charge in [0, 0.05) is 12.2 Å². The van der Waals surface area contributed by atoms with E-state index in [0.717, 1.165) is 42.3 Å². The van der Waals surface area contributed by atoms with Gasteiger partial charge in [0.1, 0.15) is 22.8 Å². The number of nitrogens with zero attached hydrogens (tertiary/aromatic N) is 4. The van der Waals surface area contributed by atoms with E-state index >= 15 is 0 Å². The number of thiophene rings is 1. The molecule has 1 saturated heterocycles. The second kappa shape index (κ2) is 5.55. The van der Waals surface area contributed by atoms with Gasteiger partial charge in [-0.1, -0.05) is 0 Å². The number of rotatable bonds is 2. The minimum atomic E-state index is 0.313. The van der Waals surface area contributed by atoms with E-state index in [0.29, 0.717) is 6.04 Å². The van der Waals surface area contributed by atoms with E-state index in [2.05, 4.69) is 32.2 Å². The van der Waals surface area contributed by atoms with Crippen molar-refractivity contribution < 1.29 is 0 Å². The normalized spacial score (nSPS) is 20.7. The van der Waals surface area contributed by atoms with Gasteiger partial charge in [-0.15, -0.1) is 11.3 Å². The summed E-state index contributed by atoms with van der Waals surface area (Å²) in [5, 5.41) is 3.39. The molecule has 5 rings (SSSR count). The van der Waals surface area contributed by atoms with Crippen LogP contribution in [-0.2, 0) is 12.8 Å². The number of imidazole rings is 1. The van der Waals surface area contributed by atoms with Gasteiger partial charge < -0.3 is 9.88 Å². The predicted octanol–water partition coefficient (Wildman–Crippen LogP) is 3.94. The molecule has 1 unspecified atom stereocenters. The van der Waals surface area contributed by atoms with E-state index in [4.69, 9.17) is 4.98 Å². The van der Waals surface area contributed by atoms with E-state index in [9.17, 15) is 0 Å². The first-order valence-electron chi connectivity index (χ1n) is 8.84. The van der Waals surface area contributed by atoms with E-state index in [-0.39, 0.29) is 0 Å². The molecule has 0 spiro atoms. The van der Waals surface area contributed by atoms with Crippen molar-refractivity contribution in [2.75, 3.05) is 11.4 Å². The van der Waals surface area contributed by atoms with Crippen LogP contribution in [0.5, 0.6) is 0 Å². The minimum Gasteiger partial charge on any atom is -0.346 e. The summed E-state index contributed by atoms with van der Waals surface area (Å²) >= 11 is 1.70. The number of nitrogens with one attached hydrogen (secondary N) is 1. The molecule has 0 radical (unpaired) electrons. The van der Waals surface area contributed by atoms with Crippen LogP contribution in [-0.4, -0.2) is 26.5 Å². The minimum absolute atomic E-state index is 0.313. The summed E-state index contributed by atoms with van der Waals surface area (Å²) in [6.07, 6.45) is 8.86. The fourth-order valence-corrected chi connectivity index (χ4v) is 5.04. The predicted molar refractivity (Wildman–Crippen MR) is 96.7 cm³/mol. The Morgan fingerprint density at radius 3 is 3.04 bits per heavy atom. The largest absolute Gasteiger partial charge is 0.346 e. The Hall–Kier alpha value is -1.95. The summed E-state index contributed by atoms with van der Waals surface area (Å²) in [4.78, 5) is 21.2. The van der Waals surface area contributed by atoms with Crippen molar-refractivity contribution in [1.82, 2.24) is 19.9 Å². The number of fused-ring (bicyclic) bond motifs is 2. The number of H-pyrrole nitrogens is 1. The van der Waals surface area contributed by atoms with Crippen LogP contribution in [0.3, 0.4) is 0 Å². The summed E-state index contributed by atoms with van der Waals surface area (Å²) in [7, 11) is 0. The molecule has 3 aromatic rings. The number of aryl methyl sites for hydroxylation is 3. The summed E-state index contributed by atoms with van der Waals surface area (Å²) in [6, 6.07) is 0.313. The Labute approximate surface area is 145 Å². The topological polar surface area (TPSA) is 57.7 Å². The SMILES string of the molecule is Cc1csc2ncnc(N3CCCC3c3nc4c([nH]3)CCCC4)c12. The Balaban J connectivity index is 1.57. The van der Waals surface area contributed by atoms with Crippen LogP contribution in [0, 0.1) is 6.92 Å². The molecule has 3 aromatic heterocycles. The quantitative estimate of drug-likeness (QED) is 0.768. The average Bonchev–Trinajstić information content (AvgIpc) is 3.32. The van der Waals surface area contributed by atoms with Gasteiger partial charge in [-0.2, -0.15) is 0 Å². The first-order valence-corrected chi connectivity index (χ1v) is 9.72. The van der Waals surface area contributed by atoms with Gasteiger partial charge in [0.05, 0.1) is 17.1 Å². The molecular formula is C18H21N5S. The second-order valence-electron chi connectivity index (χ2n) is 6.90. The molecule has 1 aliphatic heterocycles. The molecule has 5 nitrogen and oxygen atoms in total. The molecule has 6 heteroatoms.